The quantitative estimate of drug-likeness (QED) is 0.551. The first-order valence-corrected chi connectivity index (χ1v) is 7.49. The normalized spacial score (nSPS) is 12.4. The van der Waals surface area contributed by atoms with Gasteiger partial charge in [0.1, 0.15) is 11.6 Å². The fourth-order valence-corrected chi connectivity index (χ4v) is 2.55. The van der Waals surface area contributed by atoms with E-state index >= 15 is 0 Å². The topological polar surface area (TPSA) is 0 Å². The van der Waals surface area contributed by atoms with Crippen LogP contribution in [0.15, 0.2) is 47.4 Å². The summed E-state index contributed by atoms with van der Waals surface area (Å²) in [4.78, 5) is 1.13. The molecular weight excluding hydrogens is 286 g/mol. The van der Waals surface area contributed by atoms with Gasteiger partial charge in [0.15, 0.2) is 0 Å². The molecule has 0 nitrogen and oxygen atoms in total. The van der Waals surface area contributed by atoms with E-state index in [2.05, 4.69) is 0 Å². The van der Waals surface area contributed by atoms with Crippen LogP contribution in [0.2, 0.25) is 0 Å². The molecule has 2 aromatic rings. The van der Waals surface area contributed by atoms with Crippen LogP contribution in [0.1, 0.15) is 16.5 Å². The van der Waals surface area contributed by atoms with Crippen LogP contribution in [-0.2, 0) is 6.42 Å². The Labute approximate surface area is 120 Å². The summed E-state index contributed by atoms with van der Waals surface area (Å²) >= 11 is 7.88. The number of benzene rings is 2. The second-order valence-corrected chi connectivity index (χ2v) is 5.55. The predicted octanol–water partition coefficient (Wildman–Crippen LogP) is 5.21. The van der Waals surface area contributed by atoms with Crippen molar-refractivity contribution in [2.45, 2.75) is 16.7 Å². The highest BCUT2D eigenvalue weighted by Gasteiger charge is 2.15. The second kappa shape index (κ2) is 6.40. The van der Waals surface area contributed by atoms with Gasteiger partial charge in [0.05, 0.1) is 5.38 Å². The summed E-state index contributed by atoms with van der Waals surface area (Å²) in [6.07, 6.45) is 2.13. The fraction of sp³-hybridized carbons (Fsp3) is 0.200. The number of thioether (sulfide) groups is 1. The van der Waals surface area contributed by atoms with Gasteiger partial charge in [-0.3, -0.25) is 0 Å². The van der Waals surface area contributed by atoms with Crippen molar-refractivity contribution in [2.75, 3.05) is 6.26 Å². The molecule has 0 heterocycles. The summed E-state index contributed by atoms with van der Waals surface area (Å²) in [6.45, 7) is 0. The van der Waals surface area contributed by atoms with E-state index in [4.69, 9.17) is 11.6 Å². The van der Waals surface area contributed by atoms with Crippen LogP contribution in [0.5, 0.6) is 0 Å². The van der Waals surface area contributed by atoms with Gasteiger partial charge in [-0.15, -0.1) is 23.4 Å². The number of alkyl halides is 1. The van der Waals surface area contributed by atoms with Crippen LogP contribution in [0.25, 0.3) is 0 Å². The van der Waals surface area contributed by atoms with Crippen LogP contribution in [-0.4, -0.2) is 6.26 Å². The third-order valence-corrected chi connectivity index (χ3v) is 4.07. The zero-order chi connectivity index (χ0) is 13.8. The Kier molecular flexibility index (Phi) is 4.83. The minimum absolute atomic E-state index is 0.0384. The van der Waals surface area contributed by atoms with E-state index in [1.807, 2.05) is 30.5 Å². The van der Waals surface area contributed by atoms with E-state index in [-0.39, 0.29) is 12.0 Å². The summed E-state index contributed by atoms with van der Waals surface area (Å²) in [6, 6.07) is 11.5. The molecule has 0 N–H and O–H groups in total. The van der Waals surface area contributed by atoms with Crippen molar-refractivity contribution in [3.63, 3.8) is 0 Å². The highest BCUT2D eigenvalue weighted by Crippen LogP contribution is 2.28. The van der Waals surface area contributed by atoms with Crippen molar-refractivity contribution in [2.24, 2.45) is 0 Å². The highest BCUT2D eigenvalue weighted by atomic mass is 35.5. The van der Waals surface area contributed by atoms with Crippen molar-refractivity contribution in [3.05, 3.63) is 65.2 Å². The first-order chi connectivity index (χ1) is 9.11. The van der Waals surface area contributed by atoms with Crippen LogP contribution >= 0.6 is 23.4 Å². The molecule has 1 atom stereocenters. The Hall–Kier alpha value is -1.06. The molecule has 100 valence electrons. The summed E-state index contributed by atoms with van der Waals surface area (Å²) in [5, 5.41) is -0.442. The lowest BCUT2D eigenvalue weighted by Crippen LogP contribution is -2.01. The number of halogens is 3. The van der Waals surface area contributed by atoms with Crippen molar-refractivity contribution in [3.8, 4) is 0 Å². The first kappa shape index (κ1) is 14.4. The maximum Gasteiger partial charge on any atom is 0.129 e. The maximum atomic E-state index is 13.5. The minimum Gasteiger partial charge on any atom is -0.207 e. The molecule has 0 aliphatic heterocycles. The lowest BCUT2D eigenvalue weighted by atomic mass is 10.0. The predicted molar refractivity (Wildman–Crippen MR) is 76.9 cm³/mol. The van der Waals surface area contributed by atoms with Gasteiger partial charge in [0, 0.05) is 10.5 Å². The smallest absolute Gasteiger partial charge is 0.129 e. The van der Waals surface area contributed by atoms with Crippen molar-refractivity contribution < 1.29 is 8.78 Å². The average Bonchev–Trinajstić information content (AvgIpc) is 2.43. The number of rotatable bonds is 4. The molecule has 1 unspecified atom stereocenters. The average molecular weight is 299 g/mol. The van der Waals surface area contributed by atoms with Gasteiger partial charge in [-0.1, -0.05) is 18.2 Å². The number of hydrogen-bond donors (Lipinski definition) is 0. The molecule has 4 heteroatoms. The molecule has 0 fully saturated rings. The molecular formula is C15H13ClF2S. The van der Waals surface area contributed by atoms with Crippen molar-refractivity contribution in [1.29, 1.82) is 0 Å². The zero-order valence-corrected chi connectivity index (χ0v) is 11.9. The SMILES string of the molecule is CSc1ccc(C(Cl)Cc2c(F)cccc2F)cc1. The Bertz CT molecular complexity index is 534. The minimum atomic E-state index is -0.550. The molecule has 0 aliphatic carbocycles. The van der Waals surface area contributed by atoms with E-state index < -0.39 is 17.0 Å². The largest absolute Gasteiger partial charge is 0.207 e. The maximum absolute atomic E-state index is 13.5. The van der Waals surface area contributed by atoms with Gasteiger partial charge in [0.25, 0.3) is 0 Å². The summed E-state index contributed by atoms with van der Waals surface area (Å²) in [5.41, 5.74) is 0.901. The molecule has 19 heavy (non-hydrogen) atoms. The van der Waals surface area contributed by atoms with Gasteiger partial charge < -0.3 is 0 Å². The van der Waals surface area contributed by atoms with E-state index in [9.17, 15) is 8.78 Å². The van der Waals surface area contributed by atoms with Crippen molar-refractivity contribution in [1.82, 2.24) is 0 Å². The molecule has 2 aromatic carbocycles. The highest BCUT2D eigenvalue weighted by molar-refractivity contribution is 7.98. The molecule has 0 spiro atoms. The van der Waals surface area contributed by atoms with Crippen molar-refractivity contribution >= 4 is 23.4 Å². The third-order valence-electron chi connectivity index (χ3n) is 2.92. The molecule has 0 radical (unpaired) electrons. The van der Waals surface area contributed by atoms with E-state index in [1.54, 1.807) is 11.8 Å². The molecule has 0 saturated carbocycles. The van der Waals surface area contributed by atoms with Crippen LogP contribution in [0, 0.1) is 11.6 Å². The lowest BCUT2D eigenvalue weighted by Gasteiger charge is -2.12. The molecule has 0 saturated heterocycles. The summed E-state index contributed by atoms with van der Waals surface area (Å²) in [5.74, 6) is -1.10. The first-order valence-electron chi connectivity index (χ1n) is 5.82. The van der Waals surface area contributed by atoms with Gasteiger partial charge in [-0.25, -0.2) is 8.78 Å². The Balaban J connectivity index is 2.18. The Morgan fingerprint density at radius 2 is 1.63 bits per heavy atom. The molecule has 2 rings (SSSR count). The van der Waals surface area contributed by atoms with Crippen LogP contribution in [0.4, 0.5) is 8.78 Å². The van der Waals surface area contributed by atoms with Gasteiger partial charge in [0.2, 0.25) is 0 Å². The molecule has 0 aromatic heterocycles. The van der Waals surface area contributed by atoms with E-state index in [0.717, 1.165) is 10.5 Å². The second-order valence-electron chi connectivity index (χ2n) is 4.15. The van der Waals surface area contributed by atoms with Crippen LogP contribution in [0.3, 0.4) is 0 Å². The van der Waals surface area contributed by atoms with Gasteiger partial charge >= 0.3 is 0 Å². The van der Waals surface area contributed by atoms with Crippen LogP contribution < -0.4 is 0 Å². The standard InChI is InChI=1S/C15H13ClF2S/c1-19-11-7-5-10(6-8-11)13(16)9-12-14(17)3-2-4-15(12)18/h2-8,13H,9H2,1H3. The zero-order valence-electron chi connectivity index (χ0n) is 10.4. The van der Waals surface area contributed by atoms with Gasteiger partial charge in [-0.05, 0) is 42.5 Å². The third kappa shape index (κ3) is 3.48. The van der Waals surface area contributed by atoms with Gasteiger partial charge in [-0.2, -0.15) is 0 Å². The number of hydrogen-bond acceptors (Lipinski definition) is 1. The lowest BCUT2D eigenvalue weighted by molar-refractivity contribution is 0.553. The van der Waals surface area contributed by atoms with E-state index in [0.29, 0.717) is 0 Å². The Morgan fingerprint density at radius 1 is 1.05 bits per heavy atom. The monoisotopic (exact) mass is 298 g/mol. The fourth-order valence-electron chi connectivity index (χ4n) is 1.84. The Morgan fingerprint density at radius 3 is 2.16 bits per heavy atom. The molecule has 0 bridgehead atoms. The van der Waals surface area contributed by atoms with E-state index in [1.165, 1.54) is 18.2 Å². The summed E-state index contributed by atoms with van der Waals surface area (Å²) in [7, 11) is 0. The molecule has 0 amide bonds. The molecule has 0 aliphatic rings. The summed E-state index contributed by atoms with van der Waals surface area (Å²) < 4.78 is 27.1.